The van der Waals surface area contributed by atoms with E-state index in [1.165, 1.54) is 12.1 Å². The van der Waals surface area contributed by atoms with Gasteiger partial charge in [-0.15, -0.1) is 0 Å². The lowest BCUT2D eigenvalue weighted by Gasteiger charge is -2.46. The number of rotatable bonds is 4. The third-order valence-corrected chi connectivity index (χ3v) is 6.08. The molecule has 0 aromatic carbocycles. The van der Waals surface area contributed by atoms with E-state index in [1.54, 1.807) is 13.1 Å². The predicted octanol–water partition coefficient (Wildman–Crippen LogP) is 3.11. The van der Waals surface area contributed by atoms with Crippen LogP contribution in [-0.2, 0) is 9.59 Å². The fourth-order valence-electron chi connectivity index (χ4n) is 4.80. The molecule has 5 rings (SSSR count). The van der Waals surface area contributed by atoms with Gasteiger partial charge in [-0.3, -0.25) is 9.59 Å². The number of allylic oxidation sites excluding steroid dienone is 1. The molecule has 0 radical (unpaired) electrons. The van der Waals surface area contributed by atoms with Crippen molar-refractivity contribution in [1.82, 2.24) is 15.3 Å². The number of aliphatic carboxylic acids is 1. The van der Waals surface area contributed by atoms with Crippen LogP contribution in [0.15, 0.2) is 24.5 Å². The molecule has 0 aliphatic heterocycles. The predicted molar refractivity (Wildman–Crippen MR) is 98.2 cm³/mol. The Morgan fingerprint density at radius 1 is 1.30 bits per heavy atom. The number of nitrogens with zero attached hydrogens (tertiary/aromatic N) is 1. The largest absolute Gasteiger partial charge is 0.481 e. The molecule has 3 N–H and O–H groups in total. The van der Waals surface area contributed by atoms with Gasteiger partial charge in [0.05, 0.1) is 12.1 Å². The van der Waals surface area contributed by atoms with E-state index in [4.69, 9.17) is 0 Å². The van der Waals surface area contributed by atoms with Gasteiger partial charge in [0, 0.05) is 29.3 Å². The van der Waals surface area contributed by atoms with Crippen LogP contribution in [0.5, 0.6) is 0 Å². The van der Waals surface area contributed by atoms with Crippen LogP contribution < -0.4 is 5.32 Å². The highest BCUT2D eigenvalue weighted by Gasteiger charge is 2.47. The van der Waals surface area contributed by atoms with Crippen LogP contribution in [0.4, 0.5) is 4.39 Å². The number of nitrogens with one attached hydrogen (secondary N) is 2. The summed E-state index contributed by atoms with van der Waals surface area (Å²) in [6.45, 7) is 1.77. The van der Waals surface area contributed by atoms with Gasteiger partial charge in [-0.05, 0) is 56.1 Å². The van der Waals surface area contributed by atoms with Crippen LogP contribution in [0.3, 0.4) is 0 Å². The highest BCUT2D eigenvalue weighted by atomic mass is 19.1. The second kappa shape index (κ2) is 6.79. The topological polar surface area (TPSA) is 95.1 Å². The van der Waals surface area contributed by atoms with E-state index in [2.05, 4.69) is 15.3 Å². The molecule has 2 bridgehead atoms. The Hall–Kier alpha value is -2.70. The van der Waals surface area contributed by atoms with Crippen LogP contribution in [0, 0.1) is 23.6 Å². The van der Waals surface area contributed by atoms with Crippen LogP contribution in [0.2, 0.25) is 0 Å². The molecule has 0 spiro atoms. The molecule has 2 heterocycles. The molecular weight excluding hydrogens is 349 g/mol. The van der Waals surface area contributed by atoms with Crippen LogP contribution in [-0.4, -0.2) is 33.0 Å². The molecule has 2 atom stereocenters. The average molecular weight is 371 g/mol. The summed E-state index contributed by atoms with van der Waals surface area (Å²) in [5, 5.41) is 13.2. The van der Waals surface area contributed by atoms with E-state index in [1.807, 2.05) is 0 Å². The van der Waals surface area contributed by atoms with E-state index in [0.717, 1.165) is 31.9 Å². The first-order valence-corrected chi connectivity index (χ1v) is 9.28. The van der Waals surface area contributed by atoms with Crippen molar-refractivity contribution < 1.29 is 19.1 Å². The van der Waals surface area contributed by atoms with Gasteiger partial charge in [-0.25, -0.2) is 9.37 Å². The number of carbonyl (C=O) groups excluding carboxylic acids is 1. The lowest BCUT2D eigenvalue weighted by molar-refractivity contribution is -0.150. The normalized spacial score (nSPS) is 27.7. The number of hydrogen-bond donors (Lipinski definition) is 3. The van der Waals surface area contributed by atoms with Crippen molar-refractivity contribution in [3.05, 3.63) is 35.9 Å². The minimum atomic E-state index is -0.825. The molecule has 1 amide bonds. The average Bonchev–Trinajstić information content (AvgIpc) is 3.05. The number of carboxylic acid groups (broad SMARTS) is 1. The van der Waals surface area contributed by atoms with Gasteiger partial charge in [0.1, 0.15) is 11.5 Å². The molecule has 3 saturated carbocycles. The number of fused-ring (bicyclic) bond motifs is 4. The van der Waals surface area contributed by atoms with E-state index < -0.39 is 17.7 Å². The van der Waals surface area contributed by atoms with Gasteiger partial charge in [0.25, 0.3) is 0 Å². The number of carboxylic acids is 1. The Morgan fingerprint density at radius 2 is 2.00 bits per heavy atom. The van der Waals surface area contributed by atoms with Crippen molar-refractivity contribution in [3.8, 4) is 0 Å². The summed E-state index contributed by atoms with van der Waals surface area (Å²) >= 11 is 0. The summed E-state index contributed by atoms with van der Waals surface area (Å²) in [7, 11) is 0. The summed E-state index contributed by atoms with van der Waals surface area (Å²) in [5.74, 6) is -1.72. The van der Waals surface area contributed by atoms with E-state index in [-0.39, 0.29) is 23.8 Å². The zero-order chi connectivity index (χ0) is 19.1. The van der Waals surface area contributed by atoms with E-state index in [9.17, 15) is 19.1 Å². The first-order valence-electron chi connectivity index (χ1n) is 9.28. The quantitative estimate of drug-likeness (QED) is 0.720. The van der Waals surface area contributed by atoms with Gasteiger partial charge in [-0.1, -0.05) is 0 Å². The van der Waals surface area contributed by atoms with Crippen LogP contribution in [0.1, 0.15) is 38.2 Å². The maximum Gasteiger partial charge on any atom is 0.308 e. The van der Waals surface area contributed by atoms with Crippen molar-refractivity contribution in [3.63, 3.8) is 0 Å². The zero-order valence-corrected chi connectivity index (χ0v) is 15.0. The van der Waals surface area contributed by atoms with Crippen molar-refractivity contribution in [2.24, 2.45) is 17.8 Å². The number of halogens is 1. The number of carbonyl (C=O) groups is 2. The number of pyridine rings is 1. The maximum atomic E-state index is 13.5. The first kappa shape index (κ1) is 17.7. The monoisotopic (exact) mass is 371 g/mol. The first-order chi connectivity index (χ1) is 12.9. The highest BCUT2D eigenvalue weighted by Crippen LogP contribution is 2.45. The summed E-state index contributed by atoms with van der Waals surface area (Å²) in [4.78, 5) is 31.2. The Bertz CT molecular complexity index is 928. The third kappa shape index (κ3) is 3.22. The second-order valence-electron chi connectivity index (χ2n) is 7.65. The molecule has 0 saturated heterocycles. The molecule has 2 aromatic rings. The fourth-order valence-corrected chi connectivity index (χ4v) is 4.80. The minimum absolute atomic E-state index is 0.144. The SMILES string of the molecule is C/C(=C\C(=O)N[C@H]1C2CCC(CC2)[C@@H]1C(=O)O)c1c[nH]c2ncc(F)cc12. The molecule has 2 aromatic heterocycles. The molecule has 3 fully saturated rings. The Labute approximate surface area is 155 Å². The number of aromatic amines is 1. The molecule has 27 heavy (non-hydrogen) atoms. The summed E-state index contributed by atoms with van der Waals surface area (Å²) in [6, 6.07) is 1.05. The van der Waals surface area contributed by atoms with Crippen molar-refractivity contribution >= 4 is 28.5 Å². The van der Waals surface area contributed by atoms with Crippen LogP contribution in [0.25, 0.3) is 16.6 Å². The molecule has 3 aliphatic rings. The maximum absolute atomic E-state index is 13.5. The van der Waals surface area contributed by atoms with Crippen LogP contribution >= 0.6 is 0 Å². The smallest absolute Gasteiger partial charge is 0.308 e. The van der Waals surface area contributed by atoms with Crippen molar-refractivity contribution in [2.45, 2.75) is 38.6 Å². The number of amides is 1. The minimum Gasteiger partial charge on any atom is -0.481 e. The third-order valence-electron chi connectivity index (χ3n) is 6.08. The standard InChI is InChI=1S/C20H22FN3O3/c1-10(15-9-23-19-14(15)7-13(21)8-22-19)6-16(25)24-18-12-4-2-11(3-5-12)17(18)20(26)27/h6-9,11-12,17-18H,2-5H2,1H3,(H,22,23)(H,24,25)(H,26,27)/b10-6+/t11?,12?,17-,18-/m0/s1. The van der Waals surface area contributed by atoms with Gasteiger partial charge in [0.2, 0.25) is 5.91 Å². The summed E-state index contributed by atoms with van der Waals surface area (Å²) < 4.78 is 13.5. The summed E-state index contributed by atoms with van der Waals surface area (Å²) in [6.07, 6.45) is 8.07. The number of H-pyrrole nitrogens is 1. The molecular formula is C20H22FN3O3. The Morgan fingerprint density at radius 3 is 2.70 bits per heavy atom. The van der Waals surface area contributed by atoms with Crippen molar-refractivity contribution in [2.75, 3.05) is 0 Å². The molecule has 6 nitrogen and oxygen atoms in total. The molecule has 7 heteroatoms. The number of hydrogen-bond acceptors (Lipinski definition) is 3. The Balaban J connectivity index is 1.55. The van der Waals surface area contributed by atoms with E-state index >= 15 is 0 Å². The zero-order valence-electron chi connectivity index (χ0n) is 15.0. The van der Waals surface area contributed by atoms with Gasteiger partial charge in [0.15, 0.2) is 0 Å². The molecule has 142 valence electrons. The molecule has 0 unspecified atom stereocenters. The fraction of sp³-hybridized carbons (Fsp3) is 0.450. The van der Waals surface area contributed by atoms with Gasteiger partial charge < -0.3 is 15.4 Å². The highest BCUT2D eigenvalue weighted by molar-refractivity contribution is 5.99. The lowest BCUT2D eigenvalue weighted by Crippen LogP contribution is -2.55. The number of aromatic nitrogens is 2. The Kier molecular flexibility index (Phi) is 4.45. The lowest BCUT2D eigenvalue weighted by atomic mass is 9.61. The second-order valence-corrected chi connectivity index (χ2v) is 7.65. The van der Waals surface area contributed by atoms with Gasteiger partial charge in [-0.2, -0.15) is 0 Å². The van der Waals surface area contributed by atoms with E-state index in [0.29, 0.717) is 22.2 Å². The van der Waals surface area contributed by atoms with Crippen molar-refractivity contribution in [1.29, 1.82) is 0 Å². The summed E-state index contributed by atoms with van der Waals surface area (Å²) in [5.41, 5.74) is 1.92. The van der Waals surface area contributed by atoms with Gasteiger partial charge >= 0.3 is 5.97 Å². The molecule has 3 aliphatic carbocycles.